The molecule has 4 aromatic rings. The van der Waals surface area contributed by atoms with Gasteiger partial charge in [0.1, 0.15) is 42.4 Å². The minimum atomic E-state index is -3.33. The molecule has 0 spiro atoms. The van der Waals surface area contributed by atoms with E-state index in [1.54, 1.807) is 0 Å². The molecule has 3 saturated heterocycles. The lowest BCUT2D eigenvalue weighted by molar-refractivity contribution is -0.0521. The number of alkyl halides is 1. The van der Waals surface area contributed by atoms with Crippen molar-refractivity contribution in [1.82, 2.24) is 39.0 Å². The van der Waals surface area contributed by atoms with Crippen molar-refractivity contribution in [2.24, 2.45) is 0 Å². The fourth-order valence-corrected chi connectivity index (χ4v) is 8.61. The van der Waals surface area contributed by atoms with Crippen molar-refractivity contribution in [3.63, 3.8) is 0 Å². The van der Waals surface area contributed by atoms with Crippen molar-refractivity contribution in [3.05, 3.63) is 29.3 Å². The summed E-state index contributed by atoms with van der Waals surface area (Å²) >= 11 is 9.02. The van der Waals surface area contributed by atoms with Gasteiger partial charge in [0.05, 0.1) is 25.9 Å². The molecule has 7 heterocycles. The zero-order valence-corrected chi connectivity index (χ0v) is 26.5. The molecule has 3 aliphatic heterocycles. The molecule has 0 amide bonds. The Morgan fingerprint density at radius 2 is 1.53 bits per heavy atom. The Bertz CT molecular complexity index is 1950. The van der Waals surface area contributed by atoms with Crippen molar-refractivity contribution < 1.29 is 37.1 Å². The Hall–Kier alpha value is -2.55. The van der Waals surface area contributed by atoms with Gasteiger partial charge < -0.3 is 44.1 Å². The van der Waals surface area contributed by atoms with Crippen molar-refractivity contribution in [2.75, 3.05) is 24.7 Å². The number of fused-ring (bicyclic) bond motifs is 4. The topological polar surface area (TPSA) is 235 Å². The van der Waals surface area contributed by atoms with Crippen LogP contribution in [-0.2, 0) is 27.6 Å². The zero-order valence-electron chi connectivity index (χ0n) is 22.9. The highest BCUT2D eigenvalue weighted by atomic mass is 32.7. The van der Waals surface area contributed by atoms with Crippen LogP contribution in [0.1, 0.15) is 12.5 Å². The number of nitrogens with two attached hydrogens (primary N) is 2. The summed E-state index contributed by atoms with van der Waals surface area (Å²) in [4.78, 5) is 35.1. The number of aromatic amines is 1. The standard InChI is InChI=1S/C22H27FN10O8P2S2/c1-42(44)37-4-9-15(13(34)21(39-9)33-7-29-12-18(33)30-22(25)31-19(12)35)41-43(2,45)36-3-8-14(40-42)10(23)20(38-8)32-6-28-11-16(24)26-5-27-17(11)32/h5-10,13-15,20-21,34,44-45H,1-4H2,(H2,24,26,27)(H3,25,30,31,35)/t8-,9+,10+,13+,14-,15+,20-,21+,42?,43?/m0/s1. The number of H-pyrrole nitrogens is 1. The van der Waals surface area contributed by atoms with Gasteiger partial charge >= 0.3 is 0 Å². The number of hydrogen-bond acceptors (Lipinski definition) is 17. The van der Waals surface area contributed by atoms with E-state index in [2.05, 4.69) is 67.0 Å². The van der Waals surface area contributed by atoms with E-state index in [4.69, 9.17) is 39.0 Å². The first kappa shape index (κ1) is 31.1. The van der Waals surface area contributed by atoms with E-state index in [1.807, 2.05) is 0 Å². The molecule has 7 rings (SSSR count). The molecule has 3 fully saturated rings. The fraction of sp³-hybridized carbons (Fsp3) is 0.455. The van der Waals surface area contributed by atoms with E-state index in [0.717, 1.165) is 0 Å². The summed E-state index contributed by atoms with van der Waals surface area (Å²) in [7, 11) is 0. The van der Waals surface area contributed by atoms with Crippen LogP contribution in [0.3, 0.4) is 0 Å². The molecular formula is C22H27FN10O8P2S2. The number of anilines is 2. The number of imidazole rings is 2. The molecule has 18 nitrogen and oxygen atoms in total. The normalized spacial score (nSPS) is 37.7. The van der Waals surface area contributed by atoms with E-state index >= 15 is 4.39 Å². The van der Waals surface area contributed by atoms with E-state index < -0.39 is 67.8 Å². The molecule has 4 aromatic heterocycles. The SMILES string of the molecule is C=P1(S)OC[C@H]2O[C@@H](n3cnc4c(=O)[nH]c(N)nc43)[C@H](O)[C@@H]2OP(=C)(S)OC[C@@H]2O[C@H](n3cnc4c(N)ncnc43)[C@H](F)[C@H]2O1. The number of aliphatic hydroxyl groups is 1. The van der Waals surface area contributed by atoms with Gasteiger partial charge in [-0.15, -0.1) is 0 Å². The van der Waals surface area contributed by atoms with Crippen LogP contribution in [0.4, 0.5) is 16.2 Å². The van der Waals surface area contributed by atoms with Gasteiger partial charge in [0.15, 0.2) is 54.3 Å². The van der Waals surface area contributed by atoms with Gasteiger partial charge in [-0.2, -0.15) is 4.98 Å². The second kappa shape index (κ2) is 11.3. The molecule has 0 aromatic carbocycles. The van der Waals surface area contributed by atoms with Gasteiger partial charge in [0, 0.05) is 0 Å². The summed E-state index contributed by atoms with van der Waals surface area (Å²) in [5.74, 6) is -0.0334. The Kier molecular flexibility index (Phi) is 7.81. The molecule has 0 aliphatic carbocycles. The van der Waals surface area contributed by atoms with E-state index in [1.165, 1.54) is 28.1 Å². The molecule has 0 radical (unpaired) electrons. The largest absolute Gasteiger partial charge is 0.386 e. The van der Waals surface area contributed by atoms with Gasteiger partial charge in [-0.05, 0) is 12.6 Å². The monoisotopic (exact) mass is 704 g/mol. The van der Waals surface area contributed by atoms with Crippen LogP contribution in [0.5, 0.6) is 0 Å². The van der Waals surface area contributed by atoms with Crippen molar-refractivity contribution in [1.29, 1.82) is 0 Å². The number of thiol groups is 2. The van der Waals surface area contributed by atoms with Crippen molar-refractivity contribution in [2.45, 2.75) is 49.1 Å². The van der Waals surface area contributed by atoms with Crippen molar-refractivity contribution in [3.8, 4) is 0 Å². The Labute approximate surface area is 263 Å². The maximum atomic E-state index is 16.1. The number of aromatic nitrogens is 8. The molecule has 45 heavy (non-hydrogen) atoms. The van der Waals surface area contributed by atoms with E-state index in [-0.39, 0.29) is 47.3 Å². The molecule has 242 valence electrons. The van der Waals surface area contributed by atoms with Gasteiger partial charge in [0.2, 0.25) is 5.95 Å². The fourth-order valence-electron chi connectivity index (χ4n) is 5.40. The maximum Gasteiger partial charge on any atom is 0.280 e. The predicted molar refractivity (Wildman–Crippen MR) is 169 cm³/mol. The van der Waals surface area contributed by atoms with E-state index in [9.17, 15) is 9.90 Å². The number of halogens is 1. The lowest BCUT2D eigenvalue weighted by Crippen LogP contribution is -2.37. The first-order valence-electron chi connectivity index (χ1n) is 13.2. The summed E-state index contributed by atoms with van der Waals surface area (Å²) in [6.07, 6.45) is 1.79. The van der Waals surface area contributed by atoms with Crippen LogP contribution in [0, 0.1) is 0 Å². The van der Waals surface area contributed by atoms with Gasteiger partial charge in [-0.1, -0.05) is 24.5 Å². The third-order valence-corrected chi connectivity index (χ3v) is 10.9. The second-order valence-electron chi connectivity index (χ2n) is 10.4. The number of ether oxygens (including phenoxy) is 2. The number of aliphatic hydroxyl groups excluding tert-OH is 1. The maximum absolute atomic E-state index is 16.1. The number of nitrogens with zero attached hydrogens (tertiary/aromatic N) is 7. The van der Waals surface area contributed by atoms with Crippen LogP contribution < -0.4 is 17.0 Å². The number of nitrogen functional groups attached to an aromatic ring is 2. The summed E-state index contributed by atoms with van der Waals surface area (Å²) in [5.41, 5.74) is 11.6. The molecule has 0 saturated carbocycles. The molecule has 10 atom stereocenters. The first-order chi connectivity index (χ1) is 21.3. The van der Waals surface area contributed by atoms with E-state index in [0.29, 0.717) is 0 Å². The highest BCUT2D eigenvalue weighted by molar-refractivity contribution is 8.48. The lowest BCUT2D eigenvalue weighted by Gasteiger charge is -2.32. The zero-order chi connectivity index (χ0) is 31.8. The van der Waals surface area contributed by atoms with Crippen LogP contribution >= 0.6 is 37.6 Å². The lowest BCUT2D eigenvalue weighted by atomic mass is 10.1. The molecule has 6 N–H and O–H groups in total. The highest BCUT2D eigenvalue weighted by Crippen LogP contribution is 2.60. The van der Waals surface area contributed by atoms with Crippen LogP contribution in [0.2, 0.25) is 0 Å². The molecule has 23 heteroatoms. The van der Waals surface area contributed by atoms with Gasteiger partial charge in [0.25, 0.3) is 5.56 Å². The number of nitrogens with one attached hydrogen (secondary N) is 1. The highest BCUT2D eigenvalue weighted by Gasteiger charge is 2.52. The Balaban J connectivity index is 1.17. The summed E-state index contributed by atoms with van der Waals surface area (Å²) in [6.45, 7) is -7.17. The van der Waals surface area contributed by atoms with Crippen LogP contribution in [0.25, 0.3) is 22.3 Å². The van der Waals surface area contributed by atoms with Gasteiger partial charge in [-0.3, -0.25) is 18.9 Å². The summed E-state index contributed by atoms with van der Waals surface area (Å²) in [5, 5.41) is 11.4. The molecule has 0 bridgehead atoms. The Morgan fingerprint density at radius 1 is 0.933 bits per heavy atom. The summed E-state index contributed by atoms with van der Waals surface area (Å²) in [6, 6.07) is 0. The third kappa shape index (κ3) is 5.59. The quantitative estimate of drug-likeness (QED) is 0.124. The van der Waals surface area contributed by atoms with Crippen LogP contribution in [0.15, 0.2) is 23.8 Å². The van der Waals surface area contributed by atoms with Crippen molar-refractivity contribution >= 4 is 84.3 Å². The average molecular weight is 705 g/mol. The van der Waals surface area contributed by atoms with Gasteiger partial charge in [-0.25, -0.2) is 24.3 Å². The van der Waals surface area contributed by atoms with Crippen LogP contribution in [-0.4, -0.2) is 107 Å². The summed E-state index contributed by atoms with van der Waals surface area (Å²) < 4.78 is 55.1. The first-order valence-corrected chi connectivity index (χ1v) is 19.1. The minimum Gasteiger partial charge on any atom is -0.386 e. The average Bonchev–Trinajstić information content (AvgIpc) is 3.72. The second-order valence-corrected chi connectivity index (χ2v) is 17.6. The predicted octanol–water partition coefficient (Wildman–Crippen LogP) is 0.684. The molecular weight excluding hydrogens is 677 g/mol. The number of hydrogen-bond donors (Lipinski definition) is 6. The smallest absolute Gasteiger partial charge is 0.280 e. The number of rotatable bonds is 2. The minimum absolute atomic E-state index is 0.0173. The molecule has 3 aliphatic rings. The Morgan fingerprint density at radius 3 is 2.24 bits per heavy atom. The molecule has 2 unspecified atom stereocenters. The third-order valence-electron chi connectivity index (χ3n) is 7.42.